The van der Waals surface area contributed by atoms with E-state index >= 15 is 0 Å². The van der Waals surface area contributed by atoms with Crippen molar-refractivity contribution in [2.75, 3.05) is 6.54 Å². The highest BCUT2D eigenvalue weighted by Crippen LogP contribution is 2.31. The monoisotopic (exact) mass is 420 g/mol. The van der Waals surface area contributed by atoms with Crippen LogP contribution in [-0.4, -0.2) is 43.2 Å². The van der Waals surface area contributed by atoms with Gasteiger partial charge in [-0.2, -0.15) is 15.1 Å². The molecule has 9 nitrogen and oxygen atoms in total. The summed E-state index contributed by atoms with van der Waals surface area (Å²) in [5, 5.41) is 12.0. The minimum absolute atomic E-state index is 0.202. The molecule has 0 bridgehead atoms. The van der Waals surface area contributed by atoms with E-state index in [9.17, 15) is 4.91 Å². The largest absolute Gasteiger partial charge is 0.404 e. The van der Waals surface area contributed by atoms with Gasteiger partial charge < -0.3 is 5.73 Å². The van der Waals surface area contributed by atoms with Gasteiger partial charge in [0.15, 0.2) is 0 Å². The second-order valence-corrected chi connectivity index (χ2v) is 8.02. The van der Waals surface area contributed by atoms with Gasteiger partial charge in [-0.05, 0) is 37.7 Å². The second-order valence-electron chi connectivity index (χ2n) is 8.02. The first-order chi connectivity index (χ1) is 15.2. The fraction of sp³-hybridized carbons (Fsp3) is 0.455. The molecule has 0 amide bonds. The second kappa shape index (κ2) is 9.20. The number of nitroso groups, excluding NO2 is 1. The lowest BCUT2D eigenvalue weighted by molar-refractivity contribution is 0.276. The van der Waals surface area contributed by atoms with Gasteiger partial charge in [0.2, 0.25) is 0 Å². The van der Waals surface area contributed by atoms with Crippen molar-refractivity contribution in [1.82, 2.24) is 24.4 Å². The number of aliphatic imine (C=N–C) groups is 1. The molecule has 3 aromatic heterocycles. The Balaban J connectivity index is 1.63. The molecule has 0 saturated heterocycles. The maximum Gasteiger partial charge on any atom is 0.0999 e. The lowest BCUT2D eigenvalue weighted by Crippen LogP contribution is -2.29. The van der Waals surface area contributed by atoms with Crippen molar-refractivity contribution in [3.63, 3.8) is 0 Å². The maximum absolute atomic E-state index is 10.4. The Morgan fingerprint density at radius 3 is 2.81 bits per heavy atom. The number of nitrogens with two attached hydrogens (primary N) is 1. The molecule has 162 valence electrons. The fourth-order valence-electron chi connectivity index (χ4n) is 4.06. The summed E-state index contributed by atoms with van der Waals surface area (Å²) in [4.78, 5) is 19.9. The summed E-state index contributed by atoms with van der Waals surface area (Å²) < 4.78 is 3.82. The molecule has 9 heteroatoms. The average molecular weight is 421 g/mol. The van der Waals surface area contributed by atoms with Crippen LogP contribution in [0.5, 0.6) is 0 Å². The van der Waals surface area contributed by atoms with Gasteiger partial charge in [0.25, 0.3) is 0 Å². The highest BCUT2D eigenvalue weighted by atomic mass is 16.3. The molecule has 2 N–H and O–H groups in total. The number of hydrogen-bond acceptors (Lipinski definition) is 7. The lowest BCUT2D eigenvalue weighted by atomic mass is 9.81. The summed E-state index contributed by atoms with van der Waals surface area (Å²) in [6, 6.07) is 2.51. The van der Waals surface area contributed by atoms with Gasteiger partial charge >= 0.3 is 0 Å². The van der Waals surface area contributed by atoms with E-state index in [4.69, 9.17) is 10.7 Å². The molecule has 3 heterocycles. The molecule has 0 unspecified atom stereocenters. The van der Waals surface area contributed by atoms with Gasteiger partial charge in [0.05, 0.1) is 54.1 Å². The zero-order chi connectivity index (χ0) is 21.8. The van der Waals surface area contributed by atoms with E-state index in [1.54, 1.807) is 16.9 Å². The molecule has 0 spiro atoms. The lowest BCUT2D eigenvalue weighted by Gasteiger charge is -2.30. The summed E-state index contributed by atoms with van der Waals surface area (Å²) in [5.74, 6) is 0.349. The van der Waals surface area contributed by atoms with Crippen LogP contribution in [0.1, 0.15) is 51.3 Å². The van der Waals surface area contributed by atoms with Crippen molar-refractivity contribution in [3.8, 4) is 11.3 Å². The SMILES string of the molecule is CCC(CC)n1cc(-c2nc(C(C=NC3CC(CN=O)C3)=CN)cn3nccc23)cn1. The van der Waals surface area contributed by atoms with E-state index in [1.165, 1.54) is 6.20 Å². The third kappa shape index (κ3) is 4.26. The predicted molar refractivity (Wildman–Crippen MR) is 122 cm³/mol. The quantitative estimate of drug-likeness (QED) is 0.417. The normalized spacial score (nSPS) is 19.4. The topological polar surface area (TPSA) is 116 Å². The first-order valence-corrected chi connectivity index (χ1v) is 10.8. The van der Waals surface area contributed by atoms with E-state index in [0.717, 1.165) is 48.0 Å². The Morgan fingerprint density at radius 2 is 2.10 bits per heavy atom. The average Bonchev–Trinajstić information content (AvgIpc) is 3.42. The van der Waals surface area contributed by atoms with E-state index in [-0.39, 0.29) is 6.04 Å². The van der Waals surface area contributed by atoms with Crippen LogP contribution < -0.4 is 5.73 Å². The van der Waals surface area contributed by atoms with Gasteiger partial charge in [-0.15, -0.1) is 0 Å². The molecule has 1 fully saturated rings. The van der Waals surface area contributed by atoms with E-state index < -0.39 is 0 Å². The number of hydrogen-bond donors (Lipinski definition) is 1. The van der Waals surface area contributed by atoms with Crippen LogP contribution in [0.15, 0.2) is 47.2 Å². The smallest absolute Gasteiger partial charge is 0.0999 e. The minimum atomic E-state index is 0.202. The summed E-state index contributed by atoms with van der Waals surface area (Å²) >= 11 is 0. The van der Waals surface area contributed by atoms with Gasteiger partial charge in [-0.3, -0.25) is 9.67 Å². The first-order valence-electron chi connectivity index (χ1n) is 10.8. The van der Waals surface area contributed by atoms with Crippen LogP contribution in [-0.2, 0) is 0 Å². The van der Waals surface area contributed by atoms with Crippen molar-refractivity contribution in [3.05, 3.63) is 47.7 Å². The van der Waals surface area contributed by atoms with Crippen molar-refractivity contribution in [2.45, 2.75) is 51.6 Å². The van der Waals surface area contributed by atoms with Crippen LogP contribution in [0.3, 0.4) is 0 Å². The molecule has 3 aromatic rings. The number of fused-ring (bicyclic) bond motifs is 1. The number of allylic oxidation sites excluding steroid dienone is 1. The summed E-state index contributed by atoms with van der Waals surface area (Å²) in [5.41, 5.74) is 9.99. The molecule has 0 atom stereocenters. The van der Waals surface area contributed by atoms with Gasteiger partial charge in [0.1, 0.15) is 0 Å². The van der Waals surface area contributed by atoms with Crippen molar-refractivity contribution >= 4 is 17.3 Å². The predicted octanol–water partition coefficient (Wildman–Crippen LogP) is 3.87. The van der Waals surface area contributed by atoms with Crippen LogP contribution in [0.4, 0.5) is 0 Å². The van der Waals surface area contributed by atoms with E-state index in [2.05, 4.69) is 34.2 Å². The van der Waals surface area contributed by atoms with Crippen molar-refractivity contribution in [1.29, 1.82) is 0 Å². The number of rotatable bonds is 9. The summed E-state index contributed by atoms with van der Waals surface area (Å²) in [7, 11) is 0. The Bertz CT molecular complexity index is 1100. The van der Waals surface area contributed by atoms with Gasteiger partial charge in [-0.25, -0.2) is 9.50 Å². The van der Waals surface area contributed by atoms with Crippen LogP contribution in [0.2, 0.25) is 0 Å². The minimum Gasteiger partial charge on any atom is -0.404 e. The van der Waals surface area contributed by atoms with Gasteiger partial charge in [0, 0.05) is 29.7 Å². The number of nitrogens with zero attached hydrogens (tertiary/aromatic N) is 7. The van der Waals surface area contributed by atoms with Crippen LogP contribution in [0.25, 0.3) is 22.3 Å². The fourth-order valence-corrected chi connectivity index (χ4v) is 4.06. The molecule has 31 heavy (non-hydrogen) atoms. The Morgan fingerprint density at radius 1 is 1.29 bits per heavy atom. The Labute approximate surface area is 181 Å². The van der Waals surface area contributed by atoms with E-state index in [0.29, 0.717) is 24.2 Å². The summed E-state index contributed by atoms with van der Waals surface area (Å²) in [6.45, 7) is 4.71. The Hall–Kier alpha value is -3.36. The third-order valence-corrected chi connectivity index (χ3v) is 6.02. The first kappa shape index (κ1) is 20.9. The highest BCUT2D eigenvalue weighted by molar-refractivity contribution is 6.09. The molecule has 1 saturated carbocycles. The zero-order valence-corrected chi connectivity index (χ0v) is 17.9. The van der Waals surface area contributed by atoms with Crippen LogP contribution in [0, 0.1) is 10.8 Å². The zero-order valence-electron chi connectivity index (χ0n) is 17.9. The molecule has 4 rings (SSSR count). The van der Waals surface area contributed by atoms with Crippen molar-refractivity contribution in [2.24, 2.45) is 21.8 Å². The Kier molecular flexibility index (Phi) is 6.20. The molecule has 0 aliphatic heterocycles. The molecule has 0 aromatic carbocycles. The number of aromatic nitrogens is 5. The van der Waals surface area contributed by atoms with Crippen molar-refractivity contribution < 1.29 is 0 Å². The maximum atomic E-state index is 10.4. The standard InChI is InChI=1S/C22H28N8O/c1-3-19(4-2)29-13-17(12-26-29)22-21-5-6-25-30(21)14-20(28-22)16(9-23)11-24-18-7-15(8-18)10-27-31/h5-6,9,11-15,18-19H,3-4,7-8,10,23H2,1-2H3. The summed E-state index contributed by atoms with van der Waals surface area (Å²) in [6.07, 6.45) is 14.6. The molecular weight excluding hydrogens is 392 g/mol. The molecular formula is C22H28N8O. The molecule has 1 aliphatic carbocycles. The van der Waals surface area contributed by atoms with E-state index in [1.807, 2.05) is 29.3 Å². The molecule has 0 radical (unpaired) electrons. The molecule has 1 aliphatic rings. The van der Waals surface area contributed by atoms with Crippen LogP contribution >= 0.6 is 0 Å². The van der Waals surface area contributed by atoms with Gasteiger partial charge in [-0.1, -0.05) is 19.0 Å². The highest BCUT2D eigenvalue weighted by Gasteiger charge is 2.28. The third-order valence-electron chi connectivity index (χ3n) is 6.02.